The molecular formula is H6Al2CaO8S. The number of hydrogen-bond acceptors (Lipinski definition) is 4. The van der Waals surface area contributed by atoms with Crippen molar-refractivity contribution in [1.82, 2.24) is 0 Å². The fourth-order valence-electron chi connectivity index (χ4n) is 0. The Morgan fingerprint density at radius 2 is 0.917 bits per heavy atom. The molecule has 0 heterocycles. The van der Waals surface area contributed by atoms with E-state index in [4.69, 9.17) is 33.4 Å². The van der Waals surface area contributed by atoms with Crippen molar-refractivity contribution in [2.24, 2.45) is 0 Å². The average Bonchev–Trinajstić information content (AvgIpc) is 1.62. The molecule has 0 aliphatic heterocycles. The third-order valence-corrected chi connectivity index (χ3v) is 0. The zero-order valence-electron chi connectivity index (χ0n) is 4.98. The molecule has 12 heteroatoms. The molecule has 0 aromatic heterocycles. The van der Waals surface area contributed by atoms with Gasteiger partial charge >= 0.3 is 95.0 Å². The van der Waals surface area contributed by atoms with Crippen molar-refractivity contribution in [2.45, 2.75) is 0 Å². The molecular weight excluding hydrogens is 254 g/mol. The van der Waals surface area contributed by atoms with Crippen molar-refractivity contribution >= 4 is 79.1 Å². The second kappa shape index (κ2) is 18.2. The first-order valence-electron chi connectivity index (χ1n) is 1.69. The molecule has 0 saturated carbocycles. The van der Waals surface area contributed by atoms with E-state index < -0.39 is 41.4 Å². The van der Waals surface area contributed by atoms with Crippen molar-refractivity contribution in [1.29, 1.82) is 0 Å². The van der Waals surface area contributed by atoms with Crippen LogP contribution in [0.5, 0.6) is 0 Å². The Hall–Kier alpha value is 1.39. The van der Waals surface area contributed by atoms with Gasteiger partial charge in [-0.15, -0.1) is 0 Å². The molecule has 0 spiro atoms. The minimum atomic E-state index is -4.67. The Morgan fingerprint density at radius 1 is 0.917 bits per heavy atom. The van der Waals surface area contributed by atoms with Gasteiger partial charge in [0.1, 0.15) is 0 Å². The van der Waals surface area contributed by atoms with E-state index in [9.17, 15) is 0 Å². The van der Waals surface area contributed by atoms with E-state index in [1.807, 2.05) is 0 Å². The van der Waals surface area contributed by atoms with Gasteiger partial charge in [0, 0.05) is 0 Å². The van der Waals surface area contributed by atoms with Crippen molar-refractivity contribution in [3.8, 4) is 0 Å². The first-order valence-corrected chi connectivity index (χ1v) is 5.06. The molecule has 0 aliphatic rings. The topological polar surface area (TPSA) is 149 Å². The van der Waals surface area contributed by atoms with Crippen LogP contribution in [0.3, 0.4) is 0 Å². The Balaban J connectivity index is -0.0000000406. The van der Waals surface area contributed by atoms with E-state index in [0.717, 1.165) is 0 Å². The third-order valence-electron chi connectivity index (χ3n) is 0. The summed E-state index contributed by atoms with van der Waals surface area (Å²) in [5, 5.41) is 0. The fraction of sp³-hybridized carbons (Fsp3) is 0. The van der Waals surface area contributed by atoms with E-state index in [-0.39, 0.29) is 37.7 Å². The van der Waals surface area contributed by atoms with Crippen molar-refractivity contribution < 1.29 is 33.4 Å². The van der Waals surface area contributed by atoms with Gasteiger partial charge in [-0.1, -0.05) is 0 Å². The first kappa shape index (κ1) is 23.3. The van der Waals surface area contributed by atoms with E-state index in [0.29, 0.717) is 0 Å². The first-order chi connectivity index (χ1) is 4.83. The summed E-state index contributed by atoms with van der Waals surface area (Å²) < 4.78 is 62.9. The zero-order valence-corrected chi connectivity index (χ0v) is 8.11. The van der Waals surface area contributed by atoms with Gasteiger partial charge in [0.2, 0.25) is 0 Å². The van der Waals surface area contributed by atoms with Crippen LogP contribution >= 0.6 is 0 Å². The molecule has 0 aliphatic carbocycles. The molecule has 0 saturated heterocycles. The molecule has 0 amide bonds. The molecule has 0 unspecified atom stereocenters. The molecule has 0 aromatic carbocycles. The summed E-state index contributed by atoms with van der Waals surface area (Å²) in [6, 6.07) is 0. The second-order valence-corrected chi connectivity index (χ2v) is 1.98. The van der Waals surface area contributed by atoms with Gasteiger partial charge in [-0.05, 0) is 0 Å². The van der Waals surface area contributed by atoms with Crippen LogP contribution in [-0.2, 0) is 18.0 Å². The third kappa shape index (κ3) is 633. The van der Waals surface area contributed by atoms with E-state index >= 15 is 0 Å². The fourth-order valence-corrected chi connectivity index (χ4v) is 0. The predicted octanol–water partition coefficient (Wildman–Crippen LogP) is -3.68. The normalized spacial score (nSPS) is 6.17. The Morgan fingerprint density at radius 3 is 0.917 bits per heavy atom. The summed E-state index contributed by atoms with van der Waals surface area (Å²) in [5.41, 5.74) is 0. The van der Waals surface area contributed by atoms with Gasteiger partial charge in [0.05, 0.1) is 0 Å². The van der Waals surface area contributed by atoms with Crippen molar-refractivity contribution in [3.05, 3.63) is 0 Å². The monoisotopic (exact) mass is 260 g/mol. The molecule has 0 aromatic rings. The van der Waals surface area contributed by atoms with Crippen LogP contribution in [0.15, 0.2) is 0 Å². The molecule has 0 bridgehead atoms. The van der Waals surface area contributed by atoms with Crippen LogP contribution in [0.25, 0.3) is 0 Å². The van der Waals surface area contributed by atoms with Gasteiger partial charge in [0.25, 0.3) is 0 Å². The molecule has 0 fully saturated rings. The SMILES string of the molecule is O=S(=O)(O)O.[CaH2].[O]=[Al][OH].[O]=[Al][OH]. The molecule has 0 radical (unpaired) electrons. The standard InChI is InChI=1S/2Al.Ca.H2O4S.2H2O.2O.2H/c;;;1-5(2,3)4;;;;;;/h;;;(H2,1,2,3,4);2*1H2;;;;/q2*+1;;;;;;;;/p-2. The summed E-state index contributed by atoms with van der Waals surface area (Å²) in [6.07, 6.45) is 0. The molecule has 8 nitrogen and oxygen atoms in total. The van der Waals surface area contributed by atoms with Gasteiger partial charge in [0.15, 0.2) is 0 Å². The van der Waals surface area contributed by atoms with Crippen LogP contribution in [-0.4, -0.2) is 94.6 Å². The summed E-state index contributed by atoms with van der Waals surface area (Å²) in [6.45, 7) is 0. The van der Waals surface area contributed by atoms with Crippen molar-refractivity contribution in [2.75, 3.05) is 0 Å². The minimum absolute atomic E-state index is 0. The van der Waals surface area contributed by atoms with Crippen LogP contribution < -0.4 is 0 Å². The van der Waals surface area contributed by atoms with Crippen LogP contribution in [0.2, 0.25) is 0 Å². The van der Waals surface area contributed by atoms with Crippen LogP contribution in [0.4, 0.5) is 0 Å². The molecule has 0 rings (SSSR count). The molecule has 12 heavy (non-hydrogen) atoms. The summed E-state index contributed by atoms with van der Waals surface area (Å²) in [7, 11) is -4.67. The van der Waals surface area contributed by atoms with E-state index in [1.54, 1.807) is 0 Å². The van der Waals surface area contributed by atoms with Crippen LogP contribution in [0.1, 0.15) is 0 Å². The Kier molecular flexibility index (Phi) is 35.4. The maximum absolute atomic E-state index is 8.74. The molecule has 68 valence electrons. The van der Waals surface area contributed by atoms with Crippen molar-refractivity contribution in [3.63, 3.8) is 0 Å². The van der Waals surface area contributed by atoms with Gasteiger partial charge in [-0.2, -0.15) is 8.42 Å². The number of rotatable bonds is 0. The Bertz CT molecular complexity index is 157. The summed E-state index contributed by atoms with van der Waals surface area (Å²) >= 11 is -3.00. The summed E-state index contributed by atoms with van der Waals surface area (Å²) in [5.74, 6) is 0. The van der Waals surface area contributed by atoms with Gasteiger partial charge in [-0.3, -0.25) is 9.11 Å². The molecule has 0 atom stereocenters. The van der Waals surface area contributed by atoms with E-state index in [2.05, 4.69) is 0 Å². The van der Waals surface area contributed by atoms with Gasteiger partial charge in [-0.25, -0.2) is 0 Å². The average molecular weight is 260 g/mol. The predicted molar refractivity (Wildman–Crippen MR) is 40.0 cm³/mol. The Labute approximate surface area is 111 Å². The maximum atomic E-state index is 8.74. The summed E-state index contributed by atoms with van der Waals surface area (Å²) in [4.78, 5) is 0. The van der Waals surface area contributed by atoms with E-state index in [1.165, 1.54) is 0 Å². The molecule has 4 N–H and O–H groups in total. The second-order valence-electron chi connectivity index (χ2n) is 0.659. The quantitative estimate of drug-likeness (QED) is 0.257. The zero-order chi connectivity index (χ0) is 9.91. The van der Waals surface area contributed by atoms with Crippen LogP contribution in [0, 0.1) is 0 Å². The van der Waals surface area contributed by atoms with Gasteiger partial charge < -0.3 is 0 Å². The number of hydrogen-bond donors (Lipinski definition) is 4.